The van der Waals surface area contributed by atoms with Crippen LogP contribution >= 0.6 is 0 Å². The Bertz CT molecular complexity index is 339. The summed E-state index contributed by atoms with van der Waals surface area (Å²) in [5.41, 5.74) is 0.657. The average Bonchev–Trinajstić information content (AvgIpc) is 2.42. The molecule has 0 aromatic rings. The number of likely N-dealkylation sites (tertiary alicyclic amines) is 1. The first-order chi connectivity index (χ1) is 9.10. The largest absolute Gasteiger partial charge is 0.393 e. The minimum absolute atomic E-state index is 0.194. The SMILES string of the molecule is CC(O)CCCN1CCC(O)(C2=CC=CCC2)CC1. The molecule has 0 amide bonds. The molecule has 3 nitrogen and oxygen atoms in total. The van der Waals surface area contributed by atoms with E-state index in [1.54, 1.807) is 0 Å². The highest BCUT2D eigenvalue weighted by Crippen LogP contribution is 2.33. The van der Waals surface area contributed by atoms with Crippen molar-refractivity contribution in [2.75, 3.05) is 19.6 Å². The Hall–Kier alpha value is -0.640. The third-order valence-corrected chi connectivity index (χ3v) is 4.39. The summed E-state index contributed by atoms with van der Waals surface area (Å²) in [6.45, 7) is 4.83. The number of rotatable bonds is 5. The van der Waals surface area contributed by atoms with Gasteiger partial charge in [0.05, 0.1) is 11.7 Å². The Morgan fingerprint density at radius 2 is 2.11 bits per heavy atom. The molecule has 1 aliphatic heterocycles. The molecule has 1 saturated heterocycles. The Balaban J connectivity index is 1.78. The molecule has 0 saturated carbocycles. The zero-order valence-corrected chi connectivity index (χ0v) is 12.0. The van der Waals surface area contributed by atoms with Gasteiger partial charge in [-0.15, -0.1) is 0 Å². The van der Waals surface area contributed by atoms with E-state index in [4.69, 9.17) is 0 Å². The van der Waals surface area contributed by atoms with Crippen molar-refractivity contribution in [2.45, 2.75) is 57.2 Å². The molecule has 1 atom stereocenters. The van der Waals surface area contributed by atoms with Crippen LogP contribution in [0.1, 0.15) is 45.4 Å². The monoisotopic (exact) mass is 265 g/mol. The minimum Gasteiger partial charge on any atom is -0.393 e. The number of aliphatic hydroxyl groups is 2. The molecule has 1 aliphatic carbocycles. The van der Waals surface area contributed by atoms with Crippen molar-refractivity contribution in [3.63, 3.8) is 0 Å². The molecule has 2 rings (SSSR count). The molecule has 0 radical (unpaired) electrons. The molecule has 0 aromatic heterocycles. The van der Waals surface area contributed by atoms with E-state index >= 15 is 0 Å². The molecule has 3 heteroatoms. The van der Waals surface area contributed by atoms with Gasteiger partial charge in [0.15, 0.2) is 0 Å². The quantitative estimate of drug-likeness (QED) is 0.801. The second-order valence-corrected chi connectivity index (χ2v) is 6.02. The fourth-order valence-corrected chi connectivity index (χ4v) is 3.07. The van der Waals surface area contributed by atoms with E-state index in [0.717, 1.165) is 58.2 Å². The Morgan fingerprint density at radius 3 is 2.68 bits per heavy atom. The Labute approximate surface area is 116 Å². The lowest BCUT2D eigenvalue weighted by Gasteiger charge is -2.40. The van der Waals surface area contributed by atoms with Crippen LogP contribution in [-0.4, -0.2) is 46.5 Å². The normalized spacial score (nSPS) is 25.1. The first-order valence-corrected chi connectivity index (χ1v) is 7.59. The van der Waals surface area contributed by atoms with E-state index in [-0.39, 0.29) is 6.10 Å². The van der Waals surface area contributed by atoms with Gasteiger partial charge in [0.25, 0.3) is 0 Å². The zero-order valence-electron chi connectivity index (χ0n) is 12.0. The van der Waals surface area contributed by atoms with Crippen molar-refractivity contribution in [3.8, 4) is 0 Å². The highest BCUT2D eigenvalue weighted by molar-refractivity contribution is 5.26. The van der Waals surface area contributed by atoms with Crippen LogP contribution in [-0.2, 0) is 0 Å². The number of nitrogens with zero attached hydrogens (tertiary/aromatic N) is 1. The summed E-state index contributed by atoms with van der Waals surface area (Å²) in [6.07, 6.45) is 11.8. The van der Waals surface area contributed by atoms with Crippen molar-refractivity contribution < 1.29 is 10.2 Å². The number of allylic oxidation sites excluding steroid dienone is 3. The van der Waals surface area contributed by atoms with E-state index in [0.29, 0.717) is 0 Å². The maximum absolute atomic E-state index is 10.8. The standard InChI is InChI=1S/C16H27NO2/c1-14(18)6-5-11-17-12-9-16(19,10-13-17)15-7-3-2-4-8-15/h2-3,7,14,18-19H,4-6,8-13H2,1H3. The van der Waals surface area contributed by atoms with Gasteiger partial charge in [-0.3, -0.25) is 0 Å². The molecule has 2 aliphatic rings. The van der Waals surface area contributed by atoms with Crippen LogP contribution in [0, 0.1) is 0 Å². The molecule has 0 bridgehead atoms. The van der Waals surface area contributed by atoms with E-state index in [1.165, 1.54) is 5.57 Å². The fraction of sp³-hybridized carbons (Fsp3) is 0.750. The maximum atomic E-state index is 10.8. The van der Waals surface area contributed by atoms with Gasteiger partial charge < -0.3 is 15.1 Å². The maximum Gasteiger partial charge on any atom is 0.0884 e. The van der Waals surface area contributed by atoms with Crippen molar-refractivity contribution in [1.29, 1.82) is 0 Å². The fourth-order valence-electron chi connectivity index (χ4n) is 3.07. The van der Waals surface area contributed by atoms with Crippen LogP contribution in [0.2, 0.25) is 0 Å². The number of hydrogen-bond donors (Lipinski definition) is 2. The van der Waals surface area contributed by atoms with Gasteiger partial charge in [-0.05, 0) is 57.6 Å². The van der Waals surface area contributed by atoms with Crippen LogP contribution < -0.4 is 0 Å². The summed E-state index contributed by atoms with van der Waals surface area (Å²) in [6, 6.07) is 0. The van der Waals surface area contributed by atoms with E-state index in [2.05, 4.69) is 23.1 Å². The summed E-state index contributed by atoms with van der Waals surface area (Å²) in [5, 5.41) is 20.0. The predicted octanol–water partition coefficient (Wildman–Crippen LogP) is 2.25. The Morgan fingerprint density at radius 1 is 1.37 bits per heavy atom. The van der Waals surface area contributed by atoms with Crippen molar-refractivity contribution in [2.24, 2.45) is 0 Å². The van der Waals surface area contributed by atoms with E-state index in [1.807, 2.05) is 6.92 Å². The lowest BCUT2D eigenvalue weighted by Crippen LogP contribution is -2.46. The molecule has 108 valence electrons. The molecular weight excluding hydrogens is 238 g/mol. The first-order valence-electron chi connectivity index (χ1n) is 7.59. The lowest BCUT2D eigenvalue weighted by molar-refractivity contribution is 0.00578. The predicted molar refractivity (Wildman–Crippen MR) is 78.0 cm³/mol. The van der Waals surface area contributed by atoms with Crippen molar-refractivity contribution in [1.82, 2.24) is 4.90 Å². The molecule has 0 spiro atoms. The van der Waals surface area contributed by atoms with Crippen molar-refractivity contribution in [3.05, 3.63) is 23.8 Å². The summed E-state index contributed by atoms with van der Waals surface area (Å²) in [5.74, 6) is 0. The van der Waals surface area contributed by atoms with Gasteiger partial charge in [0, 0.05) is 13.1 Å². The highest BCUT2D eigenvalue weighted by Gasteiger charge is 2.35. The minimum atomic E-state index is -0.564. The van der Waals surface area contributed by atoms with Gasteiger partial charge in [-0.25, -0.2) is 0 Å². The van der Waals surface area contributed by atoms with Gasteiger partial charge in [0.1, 0.15) is 0 Å². The first kappa shape index (κ1) is 14.8. The van der Waals surface area contributed by atoms with Crippen LogP contribution in [0.25, 0.3) is 0 Å². The molecule has 19 heavy (non-hydrogen) atoms. The summed E-state index contributed by atoms with van der Waals surface area (Å²) in [7, 11) is 0. The molecule has 1 heterocycles. The molecule has 1 fully saturated rings. The van der Waals surface area contributed by atoms with E-state index in [9.17, 15) is 10.2 Å². The number of hydrogen-bond acceptors (Lipinski definition) is 3. The van der Waals surface area contributed by atoms with E-state index < -0.39 is 5.60 Å². The number of aliphatic hydroxyl groups excluding tert-OH is 1. The molecular formula is C16H27NO2. The number of piperidine rings is 1. The average molecular weight is 265 g/mol. The van der Waals surface area contributed by atoms with Gasteiger partial charge in [0.2, 0.25) is 0 Å². The summed E-state index contributed by atoms with van der Waals surface area (Å²) < 4.78 is 0. The zero-order chi connectivity index (χ0) is 13.7. The third kappa shape index (κ3) is 4.16. The van der Waals surface area contributed by atoms with Crippen LogP contribution in [0.4, 0.5) is 0 Å². The summed E-state index contributed by atoms with van der Waals surface area (Å²) in [4.78, 5) is 2.41. The highest BCUT2D eigenvalue weighted by atomic mass is 16.3. The second kappa shape index (κ2) is 6.69. The second-order valence-electron chi connectivity index (χ2n) is 6.02. The molecule has 2 N–H and O–H groups in total. The van der Waals surface area contributed by atoms with Gasteiger partial charge in [-0.1, -0.05) is 18.2 Å². The topological polar surface area (TPSA) is 43.7 Å². The van der Waals surface area contributed by atoms with Gasteiger partial charge >= 0.3 is 0 Å². The van der Waals surface area contributed by atoms with Crippen LogP contribution in [0.5, 0.6) is 0 Å². The van der Waals surface area contributed by atoms with Crippen LogP contribution in [0.15, 0.2) is 23.8 Å². The third-order valence-electron chi connectivity index (χ3n) is 4.39. The van der Waals surface area contributed by atoms with Crippen LogP contribution in [0.3, 0.4) is 0 Å². The smallest absolute Gasteiger partial charge is 0.0884 e. The van der Waals surface area contributed by atoms with Crippen molar-refractivity contribution >= 4 is 0 Å². The van der Waals surface area contributed by atoms with Gasteiger partial charge in [-0.2, -0.15) is 0 Å². The Kier molecular flexibility index (Phi) is 5.20. The lowest BCUT2D eigenvalue weighted by atomic mass is 9.80. The molecule has 1 unspecified atom stereocenters. The summed E-state index contributed by atoms with van der Waals surface area (Å²) >= 11 is 0. The molecule has 0 aromatic carbocycles.